The molecule has 1 aromatic carbocycles. The third-order valence-corrected chi connectivity index (χ3v) is 5.56. The van der Waals surface area contributed by atoms with E-state index >= 15 is 0 Å². The molecule has 1 aromatic rings. The standard InChI is InChI=1S/C21H24O4/c1-14(15-8-5-4-6-9-15)21(16-11-12-16)13-7-10-17(19(22)24-2)18(21)20(23)25-3/h4-9,13,16-18H,1,10-12H2,2-3H3/t17-,18-,21-/m1/s1. The van der Waals surface area contributed by atoms with Crippen LogP contribution in [0.5, 0.6) is 0 Å². The summed E-state index contributed by atoms with van der Waals surface area (Å²) in [5, 5.41) is 0. The minimum absolute atomic E-state index is 0.285. The van der Waals surface area contributed by atoms with Gasteiger partial charge in [-0.3, -0.25) is 9.59 Å². The highest BCUT2D eigenvalue weighted by Crippen LogP contribution is 2.61. The molecule has 1 saturated carbocycles. The Balaban J connectivity index is 2.13. The zero-order valence-electron chi connectivity index (χ0n) is 14.7. The van der Waals surface area contributed by atoms with Gasteiger partial charge in [-0.25, -0.2) is 0 Å². The first-order valence-electron chi connectivity index (χ1n) is 8.64. The molecule has 0 amide bonds. The number of esters is 2. The van der Waals surface area contributed by atoms with Gasteiger partial charge < -0.3 is 9.47 Å². The van der Waals surface area contributed by atoms with Crippen LogP contribution in [-0.4, -0.2) is 26.2 Å². The second-order valence-corrected chi connectivity index (χ2v) is 6.82. The molecule has 132 valence electrons. The van der Waals surface area contributed by atoms with Crippen molar-refractivity contribution in [1.29, 1.82) is 0 Å². The van der Waals surface area contributed by atoms with E-state index in [9.17, 15) is 9.59 Å². The van der Waals surface area contributed by atoms with Crippen LogP contribution in [0.2, 0.25) is 0 Å². The first kappa shape index (κ1) is 17.5. The third-order valence-electron chi connectivity index (χ3n) is 5.56. The number of methoxy groups -OCH3 is 2. The van der Waals surface area contributed by atoms with Crippen molar-refractivity contribution in [3.63, 3.8) is 0 Å². The molecular weight excluding hydrogens is 316 g/mol. The normalized spacial score (nSPS) is 28.2. The molecule has 0 saturated heterocycles. The van der Waals surface area contributed by atoms with E-state index in [4.69, 9.17) is 9.47 Å². The highest BCUT2D eigenvalue weighted by molar-refractivity contribution is 5.88. The number of rotatable bonds is 5. The molecule has 1 fully saturated rings. The molecule has 0 aliphatic heterocycles. The van der Waals surface area contributed by atoms with Crippen LogP contribution < -0.4 is 0 Å². The lowest BCUT2D eigenvalue weighted by Crippen LogP contribution is -2.47. The largest absolute Gasteiger partial charge is 0.469 e. The maximum Gasteiger partial charge on any atom is 0.310 e. The van der Waals surface area contributed by atoms with E-state index in [0.29, 0.717) is 6.42 Å². The van der Waals surface area contributed by atoms with Crippen LogP contribution in [0.25, 0.3) is 5.57 Å². The molecule has 0 unspecified atom stereocenters. The summed E-state index contributed by atoms with van der Waals surface area (Å²) in [5.41, 5.74) is 1.25. The summed E-state index contributed by atoms with van der Waals surface area (Å²) in [4.78, 5) is 25.2. The van der Waals surface area contributed by atoms with E-state index in [1.54, 1.807) is 0 Å². The Hall–Kier alpha value is -2.36. The van der Waals surface area contributed by atoms with Crippen molar-refractivity contribution in [1.82, 2.24) is 0 Å². The summed E-state index contributed by atoms with van der Waals surface area (Å²) in [7, 11) is 2.73. The van der Waals surface area contributed by atoms with Crippen molar-refractivity contribution in [3.8, 4) is 0 Å². The zero-order valence-corrected chi connectivity index (χ0v) is 14.7. The summed E-state index contributed by atoms with van der Waals surface area (Å²) < 4.78 is 10.1. The topological polar surface area (TPSA) is 52.6 Å². The molecule has 0 aromatic heterocycles. The average molecular weight is 340 g/mol. The van der Waals surface area contributed by atoms with Gasteiger partial charge in [0.1, 0.15) is 0 Å². The van der Waals surface area contributed by atoms with Gasteiger partial charge in [0.25, 0.3) is 0 Å². The second kappa shape index (κ2) is 6.87. The first-order chi connectivity index (χ1) is 12.1. The molecule has 4 heteroatoms. The third kappa shape index (κ3) is 2.90. The van der Waals surface area contributed by atoms with E-state index in [2.05, 4.69) is 12.7 Å². The Morgan fingerprint density at radius 1 is 1.08 bits per heavy atom. The predicted octanol–water partition coefficient (Wildman–Crippen LogP) is 3.63. The number of carbonyl (C=O) groups excluding carboxylic acids is 2. The Labute approximate surface area is 148 Å². The van der Waals surface area contributed by atoms with E-state index in [1.165, 1.54) is 14.2 Å². The van der Waals surface area contributed by atoms with Crippen molar-refractivity contribution >= 4 is 17.5 Å². The molecule has 2 aliphatic rings. The summed E-state index contributed by atoms with van der Waals surface area (Å²) in [6, 6.07) is 9.86. The number of carbonyl (C=O) groups is 2. The predicted molar refractivity (Wildman–Crippen MR) is 95.4 cm³/mol. The fourth-order valence-corrected chi connectivity index (χ4v) is 4.23. The smallest absolute Gasteiger partial charge is 0.310 e. The molecule has 4 nitrogen and oxygen atoms in total. The van der Waals surface area contributed by atoms with Gasteiger partial charge in [-0.05, 0) is 36.3 Å². The monoisotopic (exact) mass is 340 g/mol. The van der Waals surface area contributed by atoms with Gasteiger partial charge >= 0.3 is 11.9 Å². The van der Waals surface area contributed by atoms with Crippen molar-refractivity contribution in [2.24, 2.45) is 23.2 Å². The number of benzene rings is 1. The van der Waals surface area contributed by atoms with Crippen LogP contribution in [0.15, 0.2) is 49.1 Å². The molecule has 0 spiro atoms. The van der Waals surface area contributed by atoms with Crippen molar-refractivity contribution < 1.29 is 19.1 Å². The van der Waals surface area contributed by atoms with Crippen LogP contribution in [0, 0.1) is 23.2 Å². The number of hydrogen-bond donors (Lipinski definition) is 0. The Bertz CT molecular complexity index is 702. The van der Waals surface area contributed by atoms with E-state index in [-0.39, 0.29) is 17.9 Å². The Morgan fingerprint density at radius 2 is 1.72 bits per heavy atom. The molecule has 25 heavy (non-hydrogen) atoms. The quantitative estimate of drug-likeness (QED) is 0.607. The minimum Gasteiger partial charge on any atom is -0.469 e. The van der Waals surface area contributed by atoms with Crippen LogP contribution >= 0.6 is 0 Å². The summed E-state index contributed by atoms with van der Waals surface area (Å²) in [6.07, 6.45) is 6.58. The Kier molecular flexibility index (Phi) is 4.80. The summed E-state index contributed by atoms with van der Waals surface area (Å²) >= 11 is 0. The molecule has 0 bridgehead atoms. The second-order valence-electron chi connectivity index (χ2n) is 6.82. The first-order valence-corrected chi connectivity index (χ1v) is 8.64. The lowest BCUT2D eigenvalue weighted by atomic mass is 9.58. The average Bonchev–Trinajstić information content (AvgIpc) is 3.51. The van der Waals surface area contributed by atoms with Gasteiger partial charge in [-0.2, -0.15) is 0 Å². The molecule has 0 N–H and O–H groups in total. The molecular formula is C21H24O4. The lowest BCUT2D eigenvalue weighted by Gasteiger charge is -2.44. The zero-order chi connectivity index (χ0) is 18.0. The molecule has 3 rings (SSSR count). The summed E-state index contributed by atoms with van der Waals surface area (Å²) in [6.45, 7) is 4.36. The van der Waals surface area contributed by atoms with Crippen molar-refractivity contribution in [2.75, 3.05) is 14.2 Å². The maximum absolute atomic E-state index is 12.8. The Morgan fingerprint density at radius 3 is 2.28 bits per heavy atom. The maximum atomic E-state index is 12.8. The van der Waals surface area contributed by atoms with Crippen LogP contribution in [0.4, 0.5) is 0 Å². The minimum atomic E-state index is -0.616. The van der Waals surface area contributed by atoms with Gasteiger partial charge in [0, 0.05) is 5.41 Å². The fraction of sp³-hybridized carbons (Fsp3) is 0.429. The SMILES string of the molecule is C=C(c1ccccc1)[C@@]1(C2CC2)C=CC[C@@H](C(=O)OC)[C@@H]1C(=O)OC. The molecule has 0 heterocycles. The van der Waals surface area contributed by atoms with Crippen LogP contribution in [-0.2, 0) is 19.1 Å². The van der Waals surface area contributed by atoms with E-state index in [1.807, 2.05) is 36.4 Å². The number of allylic oxidation sites excluding steroid dienone is 3. The van der Waals surface area contributed by atoms with Gasteiger partial charge in [0.05, 0.1) is 26.1 Å². The van der Waals surface area contributed by atoms with Gasteiger partial charge in [-0.1, -0.05) is 49.1 Å². The van der Waals surface area contributed by atoms with Crippen LogP contribution in [0.1, 0.15) is 24.8 Å². The molecule has 2 aliphatic carbocycles. The van der Waals surface area contributed by atoms with E-state index < -0.39 is 17.3 Å². The van der Waals surface area contributed by atoms with Gasteiger partial charge in [0.15, 0.2) is 0 Å². The van der Waals surface area contributed by atoms with Crippen LogP contribution in [0.3, 0.4) is 0 Å². The number of ether oxygens (including phenoxy) is 2. The van der Waals surface area contributed by atoms with Crippen molar-refractivity contribution in [3.05, 3.63) is 54.6 Å². The number of hydrogen-bond acceptors (Lipinski definition) is 4. The van der Waals surface area contributed by atoms with Gasteiger partial charge in [-0.15, -0.1) is 0 Å². The lowest BCUT2D eigenvalue weighted by molar-refractivity contribution is -0.161. The van der Waals surface area contributed by atoms with Gasteiger partial charge in [0.2, 0.25) is 0 Å². The molecule has 3 atom stereocenters. The highest BCUT2D eigenvalue weighted by atomic mass is 16.5. The van der Waals surface area contributed by atoms with E-state index in [0.717, 1.165) is 24.0 Å². The highest BCUT2D eigenvalue weighted by Gasteiger charge is 2.58. The molecule has 0 radical (unpaired) electrons. The van der Waals surface area contributed by atoms with Crippen molar-refractivity contribution in [2.45, 2.75) is 19.3 Å². The fourth-order valence-electron chi connectivity index (χ4n) is 4.23. The summed E-state index contributed by atoms with van der Waals surface area (Å²) in [5.74, 6) is -1.62.